The fraction of sp³-hybridized carbons (Fsp3) is 0.444. The Bertz CT molecular complexity index is 759. The Balaban J connectivity index is 1.33. The molecule has 27 heavy (non-hydrogen) atoms. The molecule has 0 aromatic carbocycles. The summed E-state index contributed by atoms with van der Waals surface area (Å²) in [5.74, 6) is 1.47. The Morgan fingerprint density at radius 2 is 2.00 bits per heavy atom. The number of hydrogen-bond donors (Lipinski definition) is 2. The topological polar surface area (TPSA) is 92.8 Å². The number of nitrogens with zero attached hydrogens (tertiary/aromatic N) is 3. The number of nitrogens with one attached hydrogen (secondary N) is 2. The lowest BCUT2D eigenvalue weighted by molar-refractivity contribution is -0.917. The summed E-state index contributed by atoms with van der Waals surface area (Å²) in [7, 11) is 0. The number of rotatable bonds is 7. The van der Waals surface area contributed by atoms with Crippen LogP contribution in [-0.4, -0.2) is 64.5 Å². The Kier molecular flexibility index (Phi) is 6.83. The van der Waals surface area contributed by atoms with Crippen molar-refractivity contribution in [3.63, 3.8) is 0 Å². The van der Waals surface area contributed by atoms with Crippen molar-refractivity contribution < 1.29 is 19.0 Å². The van der Waals surface area contributed by atoms with Gasteiger partial charge < -0.3 is 19.6 Å². The number of piperazine rings is 1. The maximum absolute atomic E-state index is 12.3. The first-order chi connectivity index (χ1) is 13.1. The third-order valence-electron chi connectivity index (χ3n) is 4.38. The molecule has 2 amide bonds. The minimum Gasteiger partial charge on any atom is -0.360 e. The van der Waals surface area contributed by atoms with Crippen molar-refractivity contribution in [3.8, 4) is 0 Å². The second-order valence-corrected chi connectivity index (χ2v) is 7.51. The molecule has 1 saturated heterocycles. The Morgan fingerprint density at radius 1 is 1.26 bits per heavy atom. The van der Waals surface area contributed by atoms with Gasteiger partial charge >= 0.3 is 0 Å². The van der Waals surface area contributed by atoms with E-state index in [1.165, 1.54) is 22.2 Å². The molecule has 3 rings (SSSR count). The zero-order chi connectivity index (χ0) is 19.1. The monoisotopic (exact) mass is 390 g/mol. The van der Waals surface area contributed by atoms with Crippen molar-refractivity contribution in [3.05, 3.63) is 41.9 Å². The number of carbonyl (C=O) groups is 2. The fourth-order valence-corrected chi connectivity index (χ4v) is 3.68. The first kappa shape index (κ1) is 19.4. The van der Waals surface area contributed by atoms with Gasteiger partial charge in [0.2, 0.25) is 11.8 Å². The Labute approximate surface area is 162 Å². The highest BCUT2D eigenvalue weighted by atomic mass is 32.2. The van der Waals surface area contributed by atoms with Crippen LogP contribution >= 0.6 is 11.8 Å². The van der Waals surface area contributed by atoms with E-state index >= 15 is 0 Å². The minimum absolute atomic E-state index is 0.0908. The summed E-state index contributed by atoms with van der Waals surface area (Å²) in [6.07, 6.45) is 3.62. The predicted octanol–water partition coefficient (Wildman–Crippen LogP) is -0.0230. The number of anilines is 1. The summed E-state index contributed by atoms with van der Waals surface area (Å²) in [6, 6.07) is 5.72. The van der Waals surface area contributed by atoms with E-state index in [0.29, 0.717) is 17.3 Å². The molecule has 1 fully saturated rings. The zero-order valence-corrected chi connectivity index (χ0v) is 16.1. The number of quaternary nitrogens is 1. The molecule has 2 aromatic rings. The minimum atomic E-state index is -0.187. The SMILES string of the molecule is Cc1cc(NC(=O)CSCC(=O)N2CC[NH+](Cc3ccncc3)CC2)no1. The summed E-state index contributed by atoms with van der Waals surface area (Å²) >= 11 is 1.32. The molecule has 8 nitrogen and oxygen atoms in total. The van der Waals surface area contributed by atoms with Crippen LogP contribution in [0.3, 0.4) is 0 Å². The van der Waals surface area contributed by atoms with Crippen molar-refractivity contribution in [2.45, 2.75) is 13.5 Å². The third-order valence-corrected chi connectivity index (χ3v) is 5.30. The van der Waals surface area contributed by atoms with Crippen molar-refractivity contribution >= 4 is 29.4 Å². The van der Waals surface area contributed by atoms with Gasteiger partial charge in [-0.25, -0.2) is 0 Å². The molecular weight excluding hydrogens is 366 g/mol. The molecule has 1 aliphatic rings. The summed E-state index contributed by atoms with van der Waals surface area (Å²) in [5.41, 5.74) is 1.27. The van der Waals surface area contributed by atoms with Crippen molar-refractivity contribution in [1.29, 1.82) is 0 Å². The van der Waals surface area contributed by atoms with Gasteiger partial charge in [0, 0.05) is 24.0 Å². The molecule has 1 aliphatic heterocycles. The molecule has 2 aromatic heterocycles. The molecule has 0 bridgehead atoms. The summed E-state index contributed by atoms with van der Waals surface area (Å²) in [4.78, 5) is 31.6. The predicted molar refractivity (Wildman–Crippen MR) is 102 cm³/mol. The van der Waals surface area contributed by atoms with Crippen LogP contribution < -0.4 is 10.2 Å². The van der Waals surface area contributed by atoms with Gasteiger partial charge in [-0.05, 0) is 19.1 Å². The highest BCUT2D eigenvalue weighted by molar-refractivity contribution is 8.00. The second-order valence-electron chi connectivity index (χ2n) is 6.53. The highest BCUT2D eigenvalue weighted by Crippen LogP contribution is 2.09. The summed E-state index contributed by atoms with van der Waals surface area (Å²) in [6.45, 7) is 6.10. The first-order valence-electron chi connectivity index (χ1n) is 8.91. The molecule has 0 radical (unpaired) electrons. The number of hydrogen-bond acceptors (Lipinski definition) is 6. The standard InChI is InChI=1S/C18H23N5O3S/c1-14-10-16(21-26-14)20-17(24)12-27-13-18(25)23-8-6-22(7-9-23)11-15-2-4-19-5-3-15/h2-5,10H,6-9,11-13H2,1H3,(H,20,21,24)/p+1. The third kappa shape index (κ3) is 6.07. The van der Waals surface area contributed by atoms with Gasteiger partial charge in [-0.2, -0.15) is 0 Å². The average Bonchev–Trinajstić information content (AvgIpc) is 3.07. The van der Waals surface area contributed by atoms with Gasteiger partial charge in [0.05, 0.1) is 37.7 Å². The smallest absolute Gasteiger partial charge is 0.235 e. The van der Waals surface area contributed by atoms with Crippen LogP contribution in [0.5, 0.6) is 0 Å². The van der Waals surface area contributed by atoms with E-state index in [1.807, 2.05) is 29.4 Å². The van der Waals surface area contributed by atoms with Gasteiger partial charge in [-0.3, -0.25) is 14.6 Å². The lowest BCUT2D eigenvalue weighted by Gasteiger charge is -2.32. The Hall–Kier alpha value is -2.39. The van der Waals surface area contributed by atoms with Crippen molar-refractivity contribution in [2.24, 2.45) is 0 Å². The van der Waals surface area contributed by atoms with Crippen molar-refractivity contribution in [2.75, 3.05) is 43.0 Å². The molecule has 0 atom stereocenters. The number of amides is 2. The number of carbonyl (C=O) groups excluding carboxylic acids is 2. The normalized spacial score (nSPS) is 14.9. The van der Waals surface area contributed by atoms with Crippen LogP contribution in [0, 0.1) is 6.92 Å². The molecule has 0 spiro atoms. The van der Waals surface area contributed by atoms with E-state index in [4.69, 9.17) is 4.52 Å². The number of aryl methyl sites for hydroxylation is 1. The van der Waals surface area contributed by atoms with E-state index in [-0.39, 0.29) is 17.6 Å². The molecule has 9 heteroatoms. The number of thioether (sulfide) groups is 1. The maximum Gasteiger partial charge on any atom is 0.235 e. The van der Waals surface area contributed by atoms with Crippen LogP contribution in [0.15, 0.2) is 35.1 Å². The summed E-state index contributed by atoms with van der Waals surface area (Å²) in [5, 5.41) is 6.36. The second kappa shape index (κ2) is 9.52. The quantitative estimate of drug-likeness (QED) is 0.690. The number of aromatic nitrogens is 2. The van der Waals surface area contributed by atoms with Crippen molar-refractivity contribution in [1.82, 2.24) is 15.0 Å². The van der Waals surface area contributed by atoms with Crippen LogP contribution in [0.25, 0.3) is 0 Å². The lowest BCUT2D eigenvalue weighted by Crippen LogP contribution is -3.13. The molecule has 144 valence electrons. The highest BCUT2D eigenvalue weighted by Gasteiger charge is 2.23. The van der Waals surface area contributed by atoms with E-state index in [0.717, 1.165) is 32.7 Å². The van der Waals surface area contributed by atoms with E-state index in [2.05, 4.69) is 15.5 Å². The van der Waals surface area contributed by atoms with E-state index in [1.54, 1.807) is 13.0 Å². The molecule has 0 unspecified atom stereocenters. The summed E-state index contributed by atoms with van der Waals surface area (Å²) < 4.78 is 4.90. The van der Waals surface area contributed by atoms with Crippen LogP contribution in [0.2, 0.25) is 0 Å². The van der Waals surface area contributed by atoms with E-state index in [9.17, 15) is 9.59 Å². The fourth-order valence-electron chi connectivity index (χ4n) is 2.97. The molecular formula is C18H24N5O3S+. The van der Waals surface area contributed by atoms with Gasteiger partial charge in [0.15, 0.2) is 5.82 Å². The maximum atomic E-state index is 12.3. The lowest BCUT2D eigenvalue weighted by atomic mass is 10.2. The largest absolute Gasteiger partial charge is 0.360 e. The molecule has 0 saturated carbocycles. The van der Waals surface area contributed by atoms with Crippen LogP contribution in [-0.2, 0) is 16.1 Å². The Morgan fingerprint density at radius 3 is 2.67 bits per heavy atom. The molecule has 0 aliphatic carbocycles. The molecule has 2 N–H and O–H groups in total. The van der Waals surface area contributed by atoms with Gasteiger partial charge in [0.1, 0.15) is 12.3 Å². The zero-order valence-electron chi connectivity index (χ0n) is 15.3. The van der Waals surface area contributed by atoms with Gasteiger partial charge in [0.25, 0.3) is 0 Å². The van der Waals surface area contributed by atoms with Crippen LogP contribution in [0.1, 0.15) is 11.3 Å². The van der Waals surface area contributed by atoms with E-state index < -0.39 is 0 Å². The van der Waals surface area contributed by atoms with Gasteiger partial charge in [-0.1, -0.05) is 5.16 Å². The van der Waals surface area contributed by atoms with Gasteiger partial charge in [-0.15, -0.1) is 11.8 Å². The number of pyridine rings is 1. The average molecular weight is 390 g/mol. The van der Waals surface area contributed by atoms with Crippen LogP contribution in [0.4, 0.5) is 5.82 Å². The first-order valence-corrected chi connectivity index (χ1v) is 10.1. The molecule has 3 heterocycles.